The van der Waals surface area contributed by atoms with E-state index in [1.165, 1.54) is 36.4 Å². The number of carbonyl (C=O) groups excluding carboxylic acids is 2. The second kappa shape index (κ2) is 11.4. The molecule has 184 valence electrons. The maximum absolute atomic E-state index is 12.6. The van der Waals surface area contributed by atoms with Crippen LogP contribution in [0.25, 0.3) is 0 Å². The molecule has 35 heavy (non-hydrogen) atoms. The Labute approximate surface area is 204 Å². The van der Waals surface area contributed by atoms with Crippen molar-refractivity contribution >= 4 is 27.5 Å². The highest BCUT2D eigenvalue weighted by Crippen LogP contribution is 2.22. The number of ether oxygens (including phenoxy) is 2. The zero-order valence-electron chi connectivity index (χ0n) is 19.6. The summed E-state index contributed by atoms with van der Waals surface area (Å²) >= 11 is 0. The van der Waals surface area contributed by atoms with E-state index in [2.05, 4.69) is 15.6 Å². The van der Waals surface area contributed by atoms with E-state index in [0.717, 1.165) is 11.1 Å². The van der Waals surface area contributed by atoms with E-state index in [0.29, 0.717) is 18.1 Å². The minimum absolute atomic E-state index is 0.0774. The molecule has 3 aromatic carbocycles. The van der Waals surface area contributed by atoms with E-state index < -0.39 is 21.8 Å². The van der Waals surface area contributed by atoms with Gasteiger partial charge in [0.25, 0.3) is 21.8 Å². The topological polar surface area (TPSA) is 123 Å². The fourth-order valence-corrected chi connectivity index (χ4v) is 4.24. The molecule has 9 nitrogen and oxygen atoms in total. The van der Waals surface area contributed by atoms with E-state index in [1.807, 2.05) is 39.0 Å². The van der Waals surface area contributed by atoms with Crippen LogP contribution in [-0.2, 0) is 14.8 Å². The molecule has 0 aliphatic heterocycles. The molecule has 3 rings (SSSR count). The van der Waals surface area contributed by atoms with Gasteiger partial charge in [0.2, 0.25) is 0 Å². The number of aryl methyl sites for hydroxylation is 2. The molecule has 0 bridgehead atoms. The van der Waals surface area contributed by atoms with Crippen molar-refractivity contribution < 1.29 is 27.5 Å². The Morgan fingerprint density at radius 1 is 0.829 bits per heavy atom. The van der Waals surface area contributed by atoms with Crippen LogP contribution in [-0.4, -0.2) is 33.4 Å². The lowest BCUT2D eigenvalue weighted by Crippen LogP contribution is -2.43. The zero-order valence-corrected chi connectivity index (χ0v) is 20.4. The van der Waals surface area contributed by atoms with Gasteiger partial charge in [0.1, 0.15) is 11.5 Å². The third-order valence-corrected chi connectivity index (χ3v) is 6.31. The molecule has 0 aliphatic carbocycles. The minimum atomic E-state index is -3.81. The SMILES string of the molecule is CCOc1ccc(S(=O)(=O)Nc2ccc(C(=O)NNC(=O)COc3c(C)cccc3C)cc2)cc1. The number of anilines is 1. The van der Waals surface area contributed by atoms with Gasteiger partial charge in [0.15, 0.2) is 6.61 Å². The first-order chi connectivity index (χ1) is 16.7. The molecule has 0 aromatic heterocycles. The van der Waals surface area contributed by atoms with Gasteiger partial charge < -0.3 is 9.47 Å². The van der Waals surface area contributed by atoms with Crippen molar-refractivity contribution in [2.75, 3.05) is 17.9 Å². The summed E-state index contributed by atoms with van der Waals surface area (Å²) in [5.74, 6) is 0.107. The van der Waals surface area contributed by atoms with E-state index >= 15 is 0 Å². The Balaban J connectivity index is 1.52. The number of hydrogen-bond donors (Lipinski definition) is 3. The van der Waals surface area contributed by atoms with Crippen molar-refractivity contribution in [1.29, 1.82) is 0 Å². The van der Waals surface area contributed by atoms with E-state index in [-0.39, 0.29) is 22.8 Å². The molecule has 10 heteroatoms. The van der Waals surface area contributed by atoms with Crippen LogP contribution in [0, 0.1) is 13.8 Å². The van der Waals surface area contributed by atoms with Gasteiger partial charge in [-0.25, -0.2) is 8.42 Å². The van der Waals surface area contributed by atoms with Crippen molar-refractivity contribution in [2.24, 2.45) is 0 Å². The predicted octanol–water partition coefficient (Wildman–Crippen LogP) is 3.34. The van der Waals surface area contributed by atoms with Gasteiger partial charge in [-0.3, -0.25) is 25.2 Å². The van der Waals surface area contributed by atoms with Gasteiger partial charge >= 0.3 is 0 Å². The fourth-order valence-electron chi connectivity index (χ4n) is 3.18. The van der Waals surface area contributed by atoms with Crippen LogP contribution in [0.1, 0.15) is 28.4 Å². The van der Waals surface area contributed by atoms with Crippen molar-refractivity contribution in [3.05, 3.63) is 83.4 Å². The summed E-state index contributed by atoms with van der Waals surface area (Å²) in [4.78, 5) is 24.4. The number of nitrogens with one attached hydrogen (secondary N) is 3. The van der Waals surface area contributed by atoms with E-state index in [4.69, 9.17) is 9.47 Å². The van der Waals surface area contributed by atoms with Crippen LogP contribution >= 0.6 is 0 Å². The predicted molar refractivity (Wildman–Crippen MR) is 132 cm³/mol. The molecule has 0 saturated carbocycles. The van der Waals surface area contributed by atoms with Crippen LogP contribution in [0.5, 0.6) is 11.5 Å². The van der Waals surface area contributed by atoms with Gasteiger partial charge in [-0.05, 0) is 80.4 Å². The van der Waals surface area contributed by atoms with Crippen molar-refractivity contribution in [3.63, 3.8) is 0 Å². The lowest BCUT2D eigenvalue weighted by Gasteiger charge is -2.12. The largest absolute Gasteiger partial charge is 0.494 e. The smallest absolute Gasteiger partial charge is 0.276 e. The van der Waals surface area contributed by atoms with Gasteiger partial charge in [0.05, 0.1) is 11.5 Å². The Morgan fingerprint density at radius 2 is 1.46 bits per heavy atom. The van der Waals surface area contributed by atoms with Gasteiger partial charge in [0, 0.05) is 11.3 Å². The molecule has 0 saturated heterocycles. The first-order valence-corrected chi connectivity index (χ1v) is 12.3. The van der Waals surface area contributed by atoms with Gasteiger partial charge in [-0.2, -0.15) is 0 Å². The van der Waals surface area contributed by atoms with Gasteiger partial charge in [-0.15, -0.1) is 0 Å². The quantitative estimate of drug-likeness (QED) is 0.390. The number of sulfonamides is 1. The standard InChI is InChI=1S/C25H27N3O6S/c1-4-33-21-12-14-22(15-13-21)35(31,32)28-20-10-8-19(9-11-20)25(30)27-26-23(29)16-34-24-17(2)6-5-7-18(24)3/h5-15,28H,4,16H2,1-3H3,(H,26,29)(H,27,30). The average Bonchev–Trinajstić information content (AvgIpc) is 2.83. The summed E-state index contributed by atoms with van der Waals surface area (Å²) in [5.41, 5.74) is 6.91. The van der Waals surface area contributed by atoms with Crippen LogP contribution in [0.2, 0.25) is 0 Å². The van der Waals surface area contributed by atoms with Gasteiger partial charge in [-0.1, -0.05) is 18.2 Å². The Bertz CT molecular complexity index is 1270. The number of hydrogen-bond acceptors (Lipinski definition) is 6. The summed E-state index contributed by atoms with van der Waals surface area (Å²) in [5, 5.41) is 0. The summed E-state index contributed by atoms with van der Waals surface area (Å²) in [7, 11) is -3.81. The first kappa shape index (κ1) is 25.6. The third-order valence-electron chi connectivity index (χ3n) is 4.92. The highest BCUT2D eigenvalue weighted by Gasteiger charge is 2.15. The number of rotatable bonds is 9. The highest BCUT2D eigenvalue weighted by molar-refractivity contribution is 7.92. The number of benzene rings is 3. The Hall–Kier alpha value is -4.05. The molecule has 0 fully saturated rings. The molecule has 0 heterocycles. The summed E-state index contributed by atoms with van der Waals surface area (Å²) < 4.78 is 38.5. The monoisotopic (exact) mass is 497 g/mol. The third kappa shape index (κ3) is 6.97. The lowest BCUT2D eigenvalue weighted by atomic mass is 10.1. The molecule has 0 atom stereocenters. The molecule has 3 N–H and O–H groups in total. The minimum Gasteiger partial charge on any atom is -0.494 e. The van der Waals surface area contributed by atoms with Crippen LogP contribution in [0.4, 0.5) is 5.69 Å². The number of carbonyl (C=O) groups is 2. The Kier molecular flexibility index (Phi) is 8.32. The number of para-hydroxylation sites is 1. The molecular formula is C25H27N3O6S. The lowest BCUT2D eigenvalue weighted by molar-refractivity contribution is -0.123. The summed E-state index contributed by atoms with van der Waals surface area (Å²) in [6.45, 7) is 5.81. The maximum atomic E-state index is 12.6. The zero-order chi connectivity index (χ0) is 25.4. The molecule has 2 amide bonds. The second-order valence-electron chi connectivity index (χ2n) is 7.60. The van der Waals surface area contributed by atoms with Crippen molar-refractivity contribution in [1.82, 2.24) is 10.9 Å². The van der Waals surface area contributed by atoms with Crippen molar-refractivity contribution in [3.8, 4) is 11.5 Å². The Morgan fingerprint density at radius 3 is 2.06 bits per heavy atom. The second-order valence-corrected chi connectivity index (χ2v) is 9.28. The van der Waals surface area contributed by atoms with Crippen molar-refractivity contribution in [2.45, 2.75) is 25.7 Å². The first-order valence-electron chi connectivity index (χ1n) is 10.8. The molecule has 3 aromatic rings. The van der Waals surface area contributed by atoms with Crippen LogP contribution in [0.15, 0.2) is 71.6 Å². The fraction of sp³-hybridized carbons (Fsp3) is 0.200. The average molecular weight is 498 g/mol. The van der Waals surface area contributed by atoms with Crippen LogP contribution < -0.4 is 25.0 Å². The number of amides is 2. The van der Waals surface area contributed by atoms with Crippen LogP contribution in [0.3, 0.4) is 0 Å². The number of hydrazine groups is 1. The highest BCUT2D eigenvalue weighted by atomic mass is 32.2. The summed E-state index contributed by atoms with van der Waals surface area (Å²) in [6, 6.07) is 17.5. The molecule has 0 aliphatic rings. The normalized spacial score (nSPS) is 10.8. The molecule has 0 spiro atoms. The molecular weight excluding hydrogens is 470 g/mol. The molecule has 0 unspecified atom stereocenters. The van der Waals surface area contributed by atoms with E-state index in [1.54, 1.807) is 12.1 Å². The maximum Gasteiger partial charge on any atom is 0.276 e. The molecule has 0 radical (unpaired) electrons. The summed E-state index contributed by atoms with van der Waals surface area (Å²) in [6.07, 6.45) is 0. The van der Waals surface area contributed by atoms with E-state index in [9.17, 15) is 18.0 Å².